The Labute approximate surface area is 168 Å². The third-order valence-corrected chi connectivity index (χ3v) is 5.16. The molecule has 1 aliphatic rings. The van der Waals surface area contributed by atoms with Gasteiger partial charge in [0, 0.05) is 19.4 Å². The van der Waals surface area contributed by atoms with E-state index in [1.54, 1.807) is 24.3 Å². The van der Waals surface area contributed by atoms with Gasteiger partial charge in [0.25, 0.3) is 0 Å². The van der Waals surface area contributed by atoms with Gasteiger partial charge in [-0.15, -0.1) is 0 Å². The van der Waals surface area contributed by atoms with Gasteiger partial charge in [-0.2, -0.15) is 0 Å². The van der Waals surface area contributed by atoms with E-state index in [-0.39, 0.29) is 30.3 Å². The third kappa shape index (κ3) is 4.29. The summed E-state index contributed by atoms with van der Waals surface area (Å²) in [7, 11) is 0. The lowest BCUT2D eigenvalue weighted by molar-refractivity contribution is -0.144. The van der Waals surface area contributed by atoms with Crippen LogP contribution < -0.4 is 10.5 Å². The first-order chi connectivity index (χ1) is 13.8. The van der Waals surface area contributed by atoms with Crippen molar-refractivity contribution < 1.29 is 23.5 Å². The molecule has 3 rings (SSSR count). The molecule has 6 nitrogen and oxygen atoms in total. The standard InChI is InChI=1S/C22H23FN2O4/c1-15(26)3-12-20(27)25-14-2-13-22(25,21(24)28)16-4-8-18(9-5-16)29-19-10-6-17(23)7-11-19/h4-11H,2-3,12-14H2,1H3,(H2,24,28). The summed E-state index contributed by atoms with van der Waals surface area (Å²) in [5.74, 6) is -0.309. The first-order valence-corrected chi connectivity index (χ1v) is 9.47. The molecule has 1 saturated heterocycles. The van der Waals surface area contributed by atoms with Crippen molar-refractivity contribution in [2.75, 3.05) is 6.54 Å². The monoisotopic (exact) mass is 398 g/mol. The minimum absolute atomic E-state index is 0.0517. The fourth-order valence-electron chi connectivity index (χ4n) is 3.71. The molecule has 2 N–H and O–H groups in total. The number of ether oxygens (including phenoxy) is 1. The largest absolute Gasteiger partial charge is 0.457 e. The molecular weight excluding hydrogens is 375 g/mol. The van der Waals surface area contributed by atoms with Gasteiger partial charge < -0.3 is 20.2 Å². The summed E-state index contributed by atoms with van der Waals surface area (Å²) in [6.07, 6.45) is 1.25. The second kappa shape index (κ2) is 8.43. The van der Waals surface area contributed by atoms with Gasteiger partial charge in [0.15, 0.2) is 0 Å². The van der Waals surface area contributed by atoms with Gasteiger partial charge in [0.1, 0.15) is 28.6 Å². The van der Waals surface area contributed by atoms with Crippen LogP contribution in [0.4, 0.5) is 4.39 Å². The first-order valence-electron chi connectivity index (χ1n) is 9.47. The Balaban J connectivity index is 1.84. The van der Waals surface area contributed by atoms with Crippen LogP contribution >= 0.6 is 0 Å². The number of amides is 2. The first kappa shape index (κ1) is 20.5. The van der Waals surface area contributed by atoms with Crippen LogP contribution in [-0.2, 0) is 19.9 Å². The van der Waals surface area contributed by atoms with Gasteiger partial charge >= 0.3 is 0 Å². The highest BCUT2D eigenvalue weighted by Crippen LogP contribution is 2.40. The zero-order chi connectivity index (χ0) is 21.0. The van der Waals surface area contributed by atoms with Crippen LogP contribution in [0.5, 0.6) is 11.5 Å². The lowest BCUT2D eigenvalue weighted by atomic mass is 9.86. The number of carbonyl (C=O) groups excluding carboxylic acids is 3. The Morgan fingerprint density at radius 2 is 1.62 bits per heavy atom. The van der Waals surface area contributed by atoms with E-state index in [4.69, 9.17) is 10.5 Å². The summed E-state index contributed by atoms with van der Waals surface area (Å²) in [6, 6.07) is 12.4. The van der Waals surface area contributed by atoms with Gasteiger partial charge in [-0.3, -0.25) is 9.59 Å². The smallest absolute Gasteiger partial charge is 0.248 e. The Morgan fingerprint density at radius 1 is 1.03 bits per heavy atom. The van der Waals surface area contributed by atoms with E-state index in [2.05, 4.69) is 0 Å². The number of hydrogen-bond donors (Lipinski definition) is 1. The fraction of sp³-hybridized carbons (Fsp3) is 0.318. The van der Waals surface area contributed by atoms with E-state index in [1.165, 1.54) is 36.1 Å². The Morgan fingerprint density at radius 3 is 2.17 bits per heavy atom. The number of primary amides is 1. The van der Waals surface area contributed by atoms with Gasteiger partial charge in [-0.05, 0) is 61.7 Å². The van der Waals surface area contributed by atoms with Crippen LogP contribution in [0.3, 0.4) is 0 Å². The normalized spacial score (nSPS) is 18.5. The highest BCUT2D eigenvalue weighted by Gasteiger charge is 2.49. The minimum Gasteiger partial charge on any atom is -0.457 e. The third-order valence-electron chi connectivity index (χ3n) is 5.16. The molecule has 0 spiro atoms. The molecule has 29 heavy (non-hydrogen) atoms. The van der Waals surface area contributed by atoms with Crippen LogP contribution in [-0.4, -0.2) is 29.0 Å². The molecule has 2 aromatic rings. The van der Waals surface area contributed by atoms with Gasteiger partial charge in [-0.25, -0.2) is 4.39 Å². The van der Waals surface area contributed by atoms with Crippen molar-refractivity contribution in [3.63, 3.8) is 0 Å². The van der Waals surface area contributed by atoms with E-state index in [0.29, 0.717) is 36.4 Å². The van der Waals surface area contributed by atoms with Crippen LogP contribution in [0.25, 0.3) is 0 Å². The molecule has 1 atom stereocenters. The number of rotatable bonds is 7. The molecule has 0 radical (unpaired) electrons. The minimum atomic E-state index is -1.23. The molecule has 1 aliphatic heterocycles. The molecule has 0 aromatic heterocycles. The second-order valence-corrected chi connectivity index (χ2v) is 7.16. The molecule has 7 heteroatoms. The lowest BCUT2D eigenvalue weighted by Gasteiger charge is -2.36. The van der Waals surface area contributed by atoms with Crippen molar-refractivity contribution in [3.8, 4) is 11.5 Å². The number of nitrogens with two attached hydrogens (primary N) is 1. The fourth-order valence-corrected chi connectivity index (χ4v) is 3.71. The number of likely N-dealkylation sites (tertiary alicyclic amines) is 1. The summed E-state index contributed by atoms with van der Waals surface area (Å²) < 4.78 is 18.7. The topological polar surface area (TPSA) is 89.7 Å². The van der Waals surface area contributed by atoms with E-state index >= 15 is 0 Å². The molecule has 152 valence electrons. The molecule has 0 aliphatic carbocycles. The van der Waals surface area contributed by atoms with Crippen LogP contribution in [0.2, 0.25) is 0 Å². The summed E-state index contributed by atoms with van der Waals surface area (Å²) in [6.45, 7) is 1.84. The maximum atomic E-state index is 13.0. The second-order valence-electron chi connectivity index (χ2n) is 7.16. The molecule has 1 fully saturated rings. The summed E-state index contributed by atoms with van der Waals surface area (Å²) >= 11 is 0. The summed E-state index contributed by atoms with van der Waals surface area (Å²) in [5.41, 5.74) is 5.13. The van der Waals surface area contributed by atoms with Crippen molar-refractivity contribution in [2.45, 2.75) is 38.1 Å². The molecule has 0 bridgehead atoms. The quantitative estimate of drug-likeness (QED) is 0.775. The molecular formula is C22H23FN2O4. The van der Waals surface area contributed by atoms with Crippen molar-refractivity contribution in [1.82, 2.24) is 4.90 Å². The molecule has 2 aromatic carbocycles. The summed E-state index contributed by atoms with van der Waals surface area (Å²) in [5, 5.41) is 0. The van der Waals surface area contributed by atoms with Crippen LogP contribution in [0.1, 0.15) is 38.2 Å². The average Bonchev–Trinajstić information content (AvgIpc) is 3.15. The molecule has 2 amide bonds. The highest BCUT2D eigenvalue weighted by atomic mass is 19.1. The SMILES string of the molecule is CC(=O)CCC(=O)N1CCCC1(C(N)=O)c1ccc(Oc2ccc(F)cc2)cc1. The van der Waals surface area contributed by atoms with E-state index in [9.17, 15) is 18.8 Å². The van der Waals surface area contributed by atoms with Crippen molar-refractivity contribution in [1.29, 1.82) is 0 Å². The maximum absolute atomic E-state index is 13.0. The Hall–Kier alpha value is -3.22. The van der Waals surface area contributed by atoms with E-state index in [1.807, 2.05) is 0 Å². The Bertz CT molecular complexity index is 911. The number of ketones is 1. The average molecular weight is 398 g/mol. The zero-order valence-electron chi connectivity index (χ0n) is 16.2. The Kier molecular flexibility index (Phi) is 5.96. The van der Waals surface area contributed by atoms with Crippen molar-refractivity contribution >= 4 is 17.6 Å². The van der Waals surface area contributed by atoms with E-state index < -0.39 is 11.4 Å². The number of halogens is 1. The predicted octanol–water partition coefficient (Wildman–Crippen LogP) is 3.29. The van der Waals surface area contributed by atoms with Crippen molar-refractivity contribution in [2.24, 2.45) is 5.73 Å². The van der Waals surface area contributed by atoms with Gasteiger partial charge in [0.2, 0.25) is 11.8 Å². The van der Waals surface area contributed by atoms with Crippen LogP contribution in [0.15, 0.2) is 48.5 Å². The predicted molar refractivity (Wildman–Crippen MR) is 105 cm³/mol. The van der Waals surface area contributed by atoms with Crippen LogP contribution in [0, 0.1) is 5.82 Å². The van der Waals surface area contributed by atoms with Gasteiger partial charge in [-0.1, -0.05) is 12.1 Å². The number of Topliss-reactive ketones (excluding diaryl/α,β-unsaturated/α-hetero) is 1. The van der Waals surface area contributed by atoms with Gasteiger partial charge in [0.05, 0.1) is 0 Å². The highest BCUT2D eigenvalue weighted by molar-refractivity contribution is 5.93. The maximum Gasteiger partial charge on any atom is 0.248 e. The number of hydrogen-bond acceptors (Lipinski definition) is 4. The molecule has 1 heterocycles. The number of nitrogens with zero attached hydrogens (tertiary/aromatic N) is 1. The molecule has 1 unspecified atom stereocenters. The van der Waals surface area contributed by atoms with Crippen molar-refractivity contribution in [3.05, 3.63) is 59.9 Å². The number of carbonyl (C=O) groups is 3. The number of benzene rings is 2. The lowest BCUT2D eigenvalue weighted by Crippen LogP contribution is -2.53. The van der Waals surface area contributed by atoms with E-state index in [0.717, 1.165) is 0 Å². The molecule has 0 saturated carbocycles. The summed E-state index contributed by atoms with van der Waals surface area (Å²) in [4.78, 5) is 37.9. The zero-order valence-corrected chi connectivity index (χ0v) is 16.2.